The van der Waals surface area contributed by atoms with E-state index in [1.807, 2.05) is 0 Å². The van der Waals surface area contributed by atoms with Crippen molar-refractivity contribution in [1.82, 2.24) is 0 Å². The second-order valence-electron chi connectivity index (χ2n) is 4.50. The first-order chi connectivity index (χ1) is 10.5. The van der Waals surface area contributed by atoms with E-state index in [-0.39, 0.29) is 12.1 Å². The fraction of sp³-hybridized carbons (Fsp3) is 0.125. The number of para-hydroxylation sites is 1. The number of carbonyl (C=O) groups is 2. The Kier molecular flexibility index (Phi) is 5.19. The van der Waals surface area contributed by atoms with Gasteiger partial charge < -0.3 is 10.1 Å². The normalized spacial score (nSPS) is 10.1. The van der Waals surface area contributed by atoms with Gasteiger partial charge in [-0.3, -0.25) is 9.59 Å². The molecule has 0 bridgehead atoms. The van der Waals surface area contributed by atoms with Crippen molar-refractivity contribution in [3.63, 3.8) is 0 Å². The lowest BCUT2D eigenvalue weighted by molar-refractivity contribution is -0.146. The fourth-order valence-electron chi connectivity index (χ4n) is 1.76. The van der Waals surface area contributed by atoms with Crippen LogP contribution in [0.3, 0.4) is 0 Å². The summed E-state index contributed by atoms with van der Waals surface area (Å²) in [5.74, 6) is -2.36. The molecule has 0 spiro atoms. The first-order valence-electron chi connectivity index (χ1n) is 6.49. The maximum absolute atomic E-state index is 13.3. The Bertz CT molecular complexity index is 689. The van der Waals surface area contributed by atoms with Crippen LogP contribution in [0, 0.1) is 11.6 Å². The summed E-state index contributed by atoms with van der Waals surface area (Å²) < 4.78 is 31.0. The number of esters is 1. The minimum Gasteiger partial charge on any atom is -0.455 e. The zero-order chi connectivity index (χ0) is 15.9. The molecule has 0 heterocycles. The Hall–Kier alpha value is -2.76. The molecule has 114 valence electrons. The van der Waals surface area contributed by atoms with Crippen molar-refractivity contribution in [1.29, 1.82) is 0 Å². The number of benzene rings is 2. The van der Waals surface area contributed by atoms with Crippen molar-refractivity contribution in [3.8, 4) is 0 Å². The molecule has 2 aromatic rings. The van der Waals surface area contributed by atoms with Gasteiger partial charge in [0.15, 0.2) is 6.61 Å². The Balaban J connectivity index is 1.81. The van der Waals surface area contributed by atoms with Crippen LogP contribution in [0.4, 0.5) is 14.5 Å². The van der Waals surface area contributed by atoms with Crippen LogP contribution in [0.2, 0.25) is 0 Å². The van der Waals surface area contributed by atoms with E-state index in [1.54, 1.807) is 12.1 Å². The van der Waals surface area contributed by atoms with Crippen LogP contribution in [-0.2, 0) is 20.7 Å². The minimum absolute atomic E-state index is 0.00804. The van der Waals surface area contributed by atoms with E-state index < -0.39 is 30.1 Å². The highest BCUT2D eigenvalue weighted by Crippen LogP contribution is 2.12. The zero-order valence-electron chi connectivity index (χ0n) is 11.5. The van der Waals surface area contributed by atoms with Crippen molar-refractivity contribution >= 4 is 17.6 Å². The number of anilines is 1. The molecule has 2 aromatic carbocycles. The van der Waals surface area contributed by atoms with E-state index in [0.717, 1.165) is 0 Å². The summed E-state index contributed by atoms with van der Waals surface area (Å²) in [6.45, 7) is -0.539. The fourth-order valence-corrected chi connectivity index (χ4v) is 1.76. The largest absolute Gasteiger partial charge is 0.455 e. The smallest absolute Gasteiger partial charge is 0.310 e. The highest BCUT2D eigenvalue weighted by atomic mass is 19.1. The molecule has 1 N–H and O–H groups in total. The van der Waals surface area contributed by atoms with E-state index in [1.165, 1.54) is 36.4 Å². The first-order valence-corrected chi connectivity index (χ1v) is 6.49. The van der Waals surface area contributed by atoms with Crippen molar-refractivity contribution in [3.05, 3.63) is 65.7 Å². The summed E-state index contributed by atoms with van der Waals surface area (Å²) in [6.07, 6.45) is -0.148. The van der Waals surface area contributed by atoms with E-state index in [4.69, 9.17) is 4.74 Å². The van der Waals surface area contributed by atoms with Gasteiger partial charge in [0, 0.05) is 0 Å². The van der Waals surface area contributed by atoms with E-state index in [2.05, 4.69) is 5.32 Å². The molecule has 0 saturated heterocycles. The molecule has 0 aliphatic carbocycles. The topological polar surface area (TPSA) is 55.4 Å². The summed E-state index contributed by atoms with van der Waals surface area (Å²) in [6, 6.07) is 11.2. The summed E-state index contributed by atoms with van der Waals surface area (Å²) in [5.41, 5.74) is 0.452. The van der Waals surface area contributed by atoms with E-state index in [0.29, 0.717) is 5.56 Å². The van der Waals surface area contributed by atoms with Crippen molar-refractivity contribution < 1.29 is 23.1 Å². The molecule has 1 amide bonds. The predicted octanol–water partition coefficient (Wildman–Crippen LogP) is 2.69. The molecule has 0 aromatic heterocycles. The molecular weight excluding hydrogens is 292 g/mol. The minimum atomic E-state index is -0.672. The van der Waals surface area contributed by atoms with E-state index >= 15 is 0 Å². The molecule has 4 nitrogen and oxygen atoms in total. The van der Waals surface area contributed by atoms with E-state index in [9.17, 15) is 18.4 Å². The third kappa shape index (κ3) is 4.66. The summed E-state index contributed by atoms with van der Waals surface area (Å²) in [5, 5.41) is 2.29. The molecular formula is C16H13F2NO3. The van der Waals surface area contributed by atoms with Gasteiger partial charge in [0.1, 0.15) is 11.6 Å². The quantitative estimate of drug-likeness (QED) is 0.864. The standard InChI is InChI=1S/C16H13F2NO3/c17-12-5-3-4-11(8-12)9-16(21)22-10-15(20)19-14-7-2-1-6-13(14)18/h1-8H,9-10H2,(H,19,20). The predicted molar refractivity (Wildman–Crippen MR) is 76.1 cm³/mol. The number of ether oxygens (including phenoxy) is 1. The van der Waals surface area contributed by atoms with Crippen LogP contribution >= 0.6 is 0 Å². The van der Waals surface area contributed by atoms with Gasteiger partial charge in [-0.2, -0.15) is 0 Å². The highest BCUT2D eigenvalue weighted by molar-refractivity contribution is 5.92. The lowest BCUT2D eigenvalue weighted by atomic mass is 10.1. The van der Waals surface area contributed by atoms with Crippen LogP contribution in [0.1, 0.15) is 5.56 Å². The molecule has 6 heteroatoms. The van der Waals surface area contributed by atoms with Crippen LogP contribution < -0.4 is 5.32 Å². The summed E-state index contributed by atoms with van der Waals surface area (Å²) in [4.78, 5) is 23.1. The number of hydrogen-bond acceptors (Lipinski definition) is 3. The van der Waals surface area contributed by atoms with Crippen molar-refractivity contribution in [2.24, 2.45) is 0 Å². The summed E-state index contributed by atoms with van der Waals surface area (Å²) >= 11 is 0. The first kappa shape index (κ1) is 15.6. The number of halogens is 2. The molecule has 0 fully saturated rings. The Morgan fingerprint density at radius 2 is 1.82 bits per heavy atom. The van der Waals surface area contributed by atoms with Crippen molar-refractivity contribution in [2.75, 3.05) is 11.9 Å². The second-order valence-corrected chi connectivity index (χ2v) is 4.50. The molecule has 0 unspecified atom stereocenters. The van der Waals surface area contributed by atoms with Gasteiger partial charge in [0.05, 0.1) is 12.1 Å². The number of nitrogens with one attached hydrogen (secondary N) is 1. The Labute approximate surface area is 125 Å². The summed E-state index contributed by atoms with van der Waals surface area (Å²) in [7, 11) is 0. The average molecular weight is 305 g/mol. The van der Waals surface area contributed by atoms with Crippen LogP contribution in [0.15, 0.2) is 48.5 Å². The van der Waals surface area contributed by atoms with Crippen LogP contribution in [-0.4, -0.2) is 18.5 Å². The van der Waals surface area contributed by atoms with Gasteiger partial charge in [-0.15, -0.1) is 0 Å². The SMILES string of the molecule is O=C(COC(=O)Cc1cccc(F)c1)Nc1ccccc1F. The zero-order valence-corrected chi connectivity index (χ0v) is 11.5. The van der Waals surface area contributed by atoms with Gasteiger partial charge in [0.25, 0.3) is 5.91 Å². The third-order valence-corrected chi connectivity index (χ3v) is 2.75. The highest BCUT2D eigenvalue weighted by Gasteiger charge is 2.10. The Morgan fingerprint density at radius 1 is 1.05 bits per heavy atom. The van der Waals surface area contributed by atoms with Gasteiger partial charge in [-0.05, 0) is 29.8 Å². The molecule has 22 heavy (non-hydrogen) atoms. The molecule has 0 atom stereocenters. The molecule has 0 aliphatic rings. The third-order valence-electron chi connectivity index (χ3n) is 2.75. The van der Waals surface area contributed by atoms with Gasteiger partial charge >= 0.3 is 5.97 Å². The molecule has 0 aliphatic heterocycles. The number of hydrogen-bond donors (Lipinski definition) is 1. The van der Waals surface area contributed by atoms with Crippen molar-refractivity contribution in [2.45, 2.75) is 6.42 Å². The number of amides is 1. The lowest BCUT2D eigenvalue weighted by Crippen LogP contribution is -2.22. The van der Waals surface area contributed by atoms with Crippen LogP contribution in [0.25, 0.3) is 0 Å². The maximum Gasteiger partial charge on any atom is 0.310 e. The number of rotatable bonds is 5. The average Bonchev–Trinajstić information content (AvgIpc) is 2.48. The lowest BCUT2D eigenvalue weighted by Gasteiger charge is -2.07. The molecule has 0 radical (unpaired) electrons. The van der Waals surface area contributed by atoms with Crippen LogP contribution in [0.5, 0.6) is 0 Å². The molecule has 2 rings (SSSR count). The van der Waals surface area contributed by atoms with Gasteiger partial charge in [-0.1, -0.05) is 24.3 Å². The monoisotopic (exact) mass is 305 g/mol. The number of carbonyl (C=O) groups excluding carboxylic acids is 2. The Morgan fingerprint density at radius 3 is 2.55 bits per heavy atom. The maximum atomic E-state index is 13.3. The van der Waals surface area contributed by atoms with Gasteiger partial charge in [-0.25, -0.2) is 8.78 Å². The van der Waals surface area contributed by atoms with Gasteiger partial charge in [0.2, 0.25) is 0 Å². The second kappa shape index (κ2) is 7.31. The molecule has 0 saturated carbocycles.